The zero-order valence-electron chi connectivity index (χ0n) is 18.3. The number of carbonyl (C=O) groups is 3. The van der Waals surface area contributed by atoms with Gasteiger partial charge in [0, 0.05) is 35.1 Å². The van der Waals surface area contributed by atoms with Crippen molar-refractivity contribution in [1.82, 2.24) is 14.8 Å². The summed E-state index contributed by atoms with van der Waals surface area (Å²) in [5.41, 5.74) is 5.40. The normalized spacial score (nSPS) is 20.2. The van der Waals surface area contributed by atoms with E-state index in [1.54, 1.807) is 9.80 Å². The van der Waals surface area contributed by atoms with Crippen LogP contribution in [0.2, 0.25) is 0 Å². The SMILES string of the molecule is COC(=O)[C@@H]1Cc2c([nH]c3ccccc23)[C@H]2CN(C(=O)c3ccc(C)cc3C)CC(=O)N21. The average Bonchev–Trinajstić information content (AvgIpc) is 3.16. The van der Waals surface area contributed by atoms with Crippen LogP contribution in [-0.2, 0) is 20.7 Å². The van der Waals surface area contributed by atoms with Crippen molar-refractivity contribution in [2.24, 2.45) is 0 Å². The summed E-state index contributed by atoms with van der Waals surface area (Å²) in [5, 5.41) is 1.03. The third-order valence-corrected chi connectivity index (χ3v) is 6.63. The summed E-state index contributed by atoms with van der Waals surface area (Å²) in [7, 11) is 1.34. The fourth-order valence-corrected chi connectivity index (χ4v) is 5.13. The number of benzene rings is 2. The molecule has 2 aliphatic rings. The van der Waals surface area contributed by atoms with Gasteiger partial charge in [0.15, 0.2) is 0 Å². The maximum atomic E-state index is 13.4. The number of rotatable bonds is 2. The molecular weight excluding hydrogens is 406 g/mol. The highest BCUT2D eigenvalue weighted by atomic mass is 16.5. The van der Waals surface area contributed by atoms with Gasteiger partial charge in [0.1, 0.15) is 12.6 Å². The van der Waals surface area contributed by atoms with E-state index >= 15 is 0 Å². The number of carbonyl (C=O) groups excluding carboxylic acids is 3. The number of piperazine rings is 1. The lowest BCUT2D eigenvalue weighted by atomic mass is 9.89. The van der Waals surface area contributed by atoms with E-state index in [1.807, 2.05) is 56.3 Å². The van der Waals surface area contributed by atoms with Crippen LogP contribution < -0.4 is 0 Å². The van der Waals surface area contributed by atoms with Gasteiger partial charge < -0.3 is 19.5 Å². The van der Waals surface area contributed by atoms with Gasteiger partial charge in [0.05, 0.1) is 13.2 Å². The van der Waals surface area contributed by atoms with Gasteiger partial charge in [-0.3, -0.25) is 9.59 Å². The van der Waals surface area contributed by atoms with Crippen LogP contribution in [0.5, 0.6) is 0 Å². The van der Waals surface area contributed by atoms with E-state index in [9.17, 15) is 14.4 Å². The van der Waals surface area contributed by atoms with Crippen molar-refractivity contribution < 1.29 is 19.1 Å². The standard InChI is InChI=1S/C25H25N3O4/c1-14-8-9-16(15(2)10-14)24(30)27-12-21-23-18(17-6-4-5-7-19(17)26-23)11-20(25(31)32-3)28(21)22(29)13-27/h4-10,20-21,26H,11-13H2,1-3H3/t20-,21+/m0/s1. The van der Waals surface area contributed by atoms with Crippen LogP contribution in [0.4, 0.5) is 0 Å². The molecule has 2 amide bonds. The van der Waals surface area contributed by atoms with Crippen molar-refractivity contribution in [2.45, 2.75) is 32.4 Å². The predicted octanol–water partition coefficient (Wildman–Crippen LogP) is 2.91. The highest BCUT2D eigenvalue weighted by molar-refractivity contribution is 5.99. The lowest BCUT2D eigenvalue weighted by molar-refractivity contribution is -0.159. The molecule has 2 atom stereocenters. The second kappa shape index (κ2) is 7.51. The molecule has 1 saturated heterocycles. The second-order valence-corrected chi connectivity index (χ2v) is 8.63. The van der Waals surface area contributed by atoms with E-state index in [0.717, 1.165) is 33.3 Å². The third-order valence-electron chi connectivity index (χ3n) is 6.63. The Hall–Kier alpha value is -3.61. The fourth-order valence-electron chi connectivity index (χ4n) is 5.13. The summed E-state index contributed by atoms with van der Waals surface area (Å²) in [6.07, 6.45) is 0.388. The van der Waals surface area contributed by atoms with E-state index in [4.69, 9.17) is 4.74 Å². The first-order valence-corrected chi connectivity index (χ1v) is 10.7. The molecule has 7 heteroatoms. The number of nitrogens with zero attached hydrogens (tertiary/aromatic N) is 2. The Kier molecular flexibility index (Phi) is 4.77. The van der Waals surface area contributed by atoms with Crippen LogP contribution in [-0.4, -0.2) is 58.8 Å². The number of amides is 2. The maximum absolute atomic E-state index is 13.4. The van der Waals surface area contributed by atoms with Gasteiger partial charge >= 0.3 is 5.97 Å². The van der Waals surface area contributed by atoms with Crippen LogP contribution in [0.25, 0.3) is 10.9 Å². The Morgan fingerprint density at radius 1 is 1.12 bits per heavy atom. The van der Waals surface area contributed by atoms with E-state index in [-0.39, 0.29) is 18.4 Å². The summed E-state index contributed by atoms with van der Waals surface area (Å²) in [6.45, 7) is 4.13. The molecule has 0 bridgehead atoms. The first kappa shape index (κ1) is 20.3. The van der Waals surface area contributed by atoms with Gasteiger partial charge in [-0.25, -0.2) is 4.79 Å². The molecule has 7 nitrogen and oxygen atoms in total. The van der Waals surface area contributed by atoms with Crippen molar-refractivity contribution >= 4 is 28.7 Å². The second-order valence-electron chi connectivity index (χ2n) is 8.63. The molecule has 1 N–H and O–H groups in total. The number of fused-ring (bicyclic) bond motifs is 5. The molecule has 0 aliphatic carbocycles. The van der Waals surface area contributed by atoms with Gasteiger partial charge in [0.25, 0.3) is 5.91 Å². The number of H-pyrrole nitrogens is 1. The number of hydrogen-bond acceptors (Lipinski definition) is 4. The average molecular weight is 431 g/mol. The molecule has 0 radical (unpaired) electrons. The predicted molar refractivity (Wildman–Crippen MR) is 119 cm³/mol. The van der Waals surface area contributed by atoms with E-state index in [1.165, 1.54) is 7.11 Å². The molecule has 5 rings (SSSR count). The Morgan fingerprint density at radius 3 is 2.66 bits per heavy atom. The minimum atomic E-state index is -0.706. The van der Waals surface area contributed by atoms with Crippen LogP contribution in [0, 0.1) is 13.8 Å². The number of ether oxygens (including phenoxy) is 1. The summed E-state index contributed by atoms with van der Waals surface area (Å²) in [4.78, 5) is 45.9. The zero-order valence-corrected chi connectivity index (χ0v) is 18.3. The third kappa shape index (κ3) is 3.07. The molecule has 3 heterocycles. The van der Waals surface area contributed by atoms with Crippen LogP contribution in [0.3, 0.4) is 0 Å². The summed E-state index contributed by atoms with van der Waals surface area (Å²) in [6, 6.07) is 12.4. The van der Waals surface area contributed by atoms with Crippen molar-refractivity contribution in [3.05, 3.63) is 70.4 Å². The molecule has 2 aliphatic heterocycles. The largest absolute Gasteiger partial charge is 0.467 e. The van der Waals surface area contributed by atoms with Gasteiger partial charge in [-0.15, -0.1) is 0 Å². The summed E-state index contributed by atoms with van der Waals surface area (Å²) in [5.74, 6) is -0.860. The molecular formula is C25H25N3O4. The Balaban J connectivity index is 1.57. The number of hydrogen-bond donors (Lipinski definition) is 1. The van der Waals surface area contributed by atoms with Crippen molar-refractivity contribution in [1.29, 1.82) is 0 Å². The van der Waals surface area contributed by atoms with E-state index in [0.29, 0.717) is 18.5 Å². The lowest BCUT2D eigenvalue weighted by Crippen LogP contribution is -2.61. The number of aryl methyl sites for hydroxylation is 2. The first-order chi connectivity index (χ1) is 15.4. The van der Waals surface area contributed by atoms with Crippen molar-refractivity contribution in [3.8, 4) is 0 Å². The van der Waals surface area contributed by atoms with Crippen LogP contribution in [0.1, 0.15) is 38.8 Å². The molecule has 164 valence electrons. The van der Waals surface area contributed by atoms with Crippen LogP contribution in [0.15, 0.2) is 42.5 Å². The minimum Gasteiger partial charge on any atom is -0.467 e. The van der Waals surface area contributed by atoms with Gasteiger partial charge in [0.2, 0.25) is 5.91 Å². The zero-order chi connectivity index (χ0) is 22.6. The molecule has 0 saturated carbocycles. The van der Waals surface area contributed by atoms with Crippen molar-refractivity contribution in [2.75, 3.05) is 20.2 Å². The van der Waals surface area contributed by atoms with Crippen LogP contribution >= 0.6 is 0 Å². The maximum Gasteiger partial charge on any atom is 0.328 e. The number of para-hydroxylation sites is 1. The number of aromatic nitrogens is 1. The Labute approximate surface area is 185 Å². The smallest absolute Gasteiger partial charge is 0.328 e. The number of aromatic amines is 1. The molecule has 3 aromatic rings. The Bertz CT molecular complexity index is 1260. The quantitative estimate of drug-likeness (QED) is 0.633. The lowest BCUT2D eigenvalue weighted by Gasteiger charge is -2.46. The number of methoxy groups -OCH3 is 1. The summed E-state index contributed by atoms with van der Waals surface area (Å²) < 4.78 is 5.04. The fraction of sp³-hybridized carbons (Fsp3) is 0.320. The highest BCUT2D eigenvalue weighted by Gasteiger charge is 2.47. The van der Waals surface area contributed by atoms with Gasteiger partial charge in [-0.1, -0.05) is 35.9 Å². The number of esters is 1. The monoisotopic (exact) mass is 431 g/mol. The molecule has 32 heavy (non-hydrogen) atoms. The topological polar surface area (TPSA) is 82.7 Å². The number of nitrogens with one attached hydrogen (secondary N) is 1. The Morgan fingerprint density at radius 2 is 1.91 bits per heavy atom. The molecule has 2 aromatic carbocycles. The van der Waals surface area contributed by atoms with Gasteiger partial charge in [-0.05, 0) is 37.1 Å². The molecule has 0 unspecified atom stereocenters. The van der Waals surface area contributed by atoms with E-state index < -0.39 is 18.1 Å². The molecule has 1 fully saturated rings. The minimum absolute atomic E-state index is 0.0638. The highest BCUT2D eigenvalue weighted by Crippen LogP contribution is 2.40. The van der Waals surface area contributed by atoms with Crippen molar-refractivity contribution in [3.63, 3.8) is 0 Å². The van der Waals surface area contributed by atoms with Gasteiger partial charge in [-0.2, -0.15) is 0 Å². The molecule has 0 spiro atoms. The molecule has 1 aromatic heterocycles. The van der Waals surface area contributed by atoms with E-state index in [2.05, 4.69) is 4.98 Å². The first-order valence-electron chi connectivity index (χ1n) is 10.7. The summed E-state index contributed by atoms with van der Waals surface area (Å²) >= 11 is 0.